The molecule has 2 aromatic heterocycles. The maximum absolute atomic E-state index is 12.8. The van der Waals surface area contributed by atoms with Crippen molar-refractivity contribution in [2.45, 2.75) is 11.1 Å². The molecule has 0 spiro atoms. The van der Waals surface area contributed by atoms with Gasteiger partial charge in [0, 0.05) is 51.0 Å². The molecule has 2 saturated heterocycles. The summed E-state index contributed by atoms with van der Waals surface area (Å²) in [7, 11) is -3.45. The van der Waals surface area contributed by atoms with E-state index >= 15 is 0 Å². The number of ether oxygens (including phenoxy) is 1. The molecule has 152 valence electrons. The van der Waals surface area contributed by atoms with Gasteiger partial charge in [-0.2, -0.15) is 9.29 Å². The Morgan fingerprint density at radius 1 is 1.04 bits per heavy atom. The number of aromatic nitrogens is 2. The molecule has 0 aliphatic carbocycles. The molecule has 2 fully saturated rings. The minimum absolute atomic E-state index is 0.370. The van der Waals surface area contributed by atoms with Gasteiger partial charge < -0.3 is 14.5 Å². The number of anilines is 2. The summed E-state index contributed by atoms with van der Waals surface area (Å²) in [5, 5.41) is 0. The number of hydrogen-bond donors (Lipinski definition) is 0. The molecule has 0 amide bonds. The minimum Gasteiger partial charge on any atom is -0.378 e. The summed E-state index contributed by atoms with van der Waals surface area (Å²) in [5.74, 6) is 1.57. The van der Waals surface area contributed by atoms with Crippen LogP contribution in [0.2, 0.25) is 0 Å². The Morgan fingerprint density at radius 3 is 2.39 bits per heavy atom. The Morgan fingerprint density at radius 2 is 1.75 bits per heavy atom. The number of aryl methyl sites for hydroxylation is 1. The van der Waals surface area contributed by atoms with Crippen LogP contribution in [0.3, 0.4) is 0 Å². The SMILES string of the molecule is Cc1cc(N2CCOCC2)nc(N2CCN(S(=O)(=O)c3ccc(Br)s3)CC2)n1. The van der Waals surface area contributed by atoms with E-state index in [1.807, 2.05) is 13.0 Å². The molecule has 2 aliphatic rings. The zero-order valence-electron chi connectivity index (χ0n) is 15.5. The zero-order valence-corrected chi connectivity index (χ0v) is 18.8. The van der Waals surface area contributed by atoms with Crippen LogP contribution in [0, 0.1) is 6.92 Å². The van der Waals surface area contributed by atoms with E-state index in [0.29, 0.717) is 49.6 Å². The van der Waals surface area contributed by atoms with Gasteiger partial charge in [-0.05, 0) is 35.0 Å². The van der Waals surface area contributed by atoms with Crippen LogP contribution in [0.4, 0.5) is 11.8 Å². The van der Waals surface area contributed by atoms with Gasteiger partial charge >= 0.3 is 0 Å². The number of hydrogen-bond acceptors (Lipinski definition) is 8. The van der Waals surface area contributed by atoms with Gasteiger partial charge in [-0.15, -0.1) is 11.3 Å². The van der Waals surface area contributed by atoms with E-state index in [9.17, 15) is 8.42 Å². The van der Waals surface area contributed by atoms with E-state index in [1.54, 1.807) is 16.4 Å². The van der Waals surface area contributed by atoms with Gasteiger partial charge in [-0.25, -0.2) is 13.4 Å². The summed E-state index contributed by atoms with van der Waals surface area (Å²) in [6, 6.07) is 5.40. The van der Waals surface area contributed by atoms with Crippen LogP contribution in [0.5, 0.6) is 0 Å². The fourth-order valence-corrected chi connectivity index (χ4v) is 6.91. The first-order valence-corrected chi connectivity index (χ1v) is 12.2. The fraction of sp³-hybridized carbons (Fsp3) is 0.529. The summed E-state index contributed by atoms with van der Waals surface area (Å²) < 4.78 is 33.8. The monoisotopic (exact) mass is 487 g/mol. The largest absolute Gasteiger partial charge is 0.378 e. The molecule has 0 bridgehead atoms. The highest BCUT2D eigenvalue weighted by atomic mass is 79.9. The first-order chi connectivity index (χ1) is 13.4. The third-order valence-electron chi connectivity index (χ3n) is 4.83. The molecule has 0 radical (unpaired) electrons. The Labute approximate surface area is 177 Å². The van der Waals surface area contributed by atoms with Gasteiger partial charge in [-0.3, -0.25) is 0 Å². The van der Waals surface area contributed by atoms with E-state index in [2.05, 4.69) is 30.7 Å². The molecular formula is C17H22BrN5O3S2. The predicted molar refractivity (Wildman–Crippen MR) is 113 cm³/mol. The average molecular weight is 488 g/mol. The van der Waals surface area contributed by atoms with Gasteiger partial charge in [0.2, 0.25) is 5.95 Å². The lowest BCUT2D eigenvalue weighted by Gasteiger charge is -2.34. The van der Waals surface area contributed by atoms with Crippen molar-refractivity contribution < 1.29 is 13.2 Å². The molecule has 0 unspecified atom stereocenters. The summed E-state index contributed by atoms with van der Waals surface area (Å²) >= 11 is 4.57. The van der Waals surface area contributed by atoms with Crippen LogP contribution in [0.1, 0.15) is 5.69 Å². The van der Waals surface area contributed by atoms with Crippen molar-refractivity contribution in [2.24, 2.45) is 0 Å². The van der Waals surface area contributed by atoms with E-state index in [0.717, 1.165) is 28.4 Å². The smallest absolute Gasteiger partial charge is 0.252 e. The van der Waals surface area contributed by atoms with E-state index in [4.69, 9.17) is 9.72 Å². The summed E-state index contributed by atoms with van der Waals surface area (Å²) in [4.78, 5) is 13.6. The van der Waals surface area contributed by atoms with Gasteiger partial charge in [0.25, 0.3) is 10.0 Å². The summed E-state index contributed by atoms with van der Waals surface area (Å²) in [6.45, 7) is 6.97. The second-order valence-electron chi connectivity index (χ2n) is 6.72. The first-order valence-electron chi connectivity index (χ1n) is 9.12. The van der Waals surface area contributed by atoms with Crippen LogP contribution in [-0.2, 0) is 14.8 Å². The lowest BCUT2D eigenvalue weighted by atomic mass is 10.3. The second-order valence-corrected chi connectivity index (χ2v) is 11.3. The third kappa shape index (κ3) is 4.18. The molecule has 28 heavy (non-hydrogen) atoms. The lowest BCUT2D eigenvalue weighted by molar-refractivity contribution is 0.122. The van der Waals surface area contributed by atoms with Crippen molar-refractivity contribution in [3.05, 3.63) is 27.7 Å². The second kappa shape index (κ2) is 8.23. The standard InChI is InChI=1S/C17H22BrN5O3S2/c1-13-12-15(21-8-10-26-11-9-21)20-17(19-13)22-4-6-23(7-5-22)28(24,25)16-3-2-14(18)27-16/h2-3,12H,4-11H2,1H3. The average Bonchev–Trinajstić information content (AvgIpc) is 3.15. The lowest BCUT2D eigenvalue weighted by Crippen LogP contribution is -2.49. The first kappa shape index (κ1) is 20.0. The van der Waals surface area contributed by atoms with Crippen molar-refractivity contribution >= 4 is 49.1 Å². The summed E-state index contributed by atoms with van der Waals surface area (Å²) in [6.07, 6.45) is 0. The molecule has 4 rings (SSSR count). The molecule has 0 aromatic carbocycles. The fourth-order valence-electron chi connectivity index (χ4n) is 3.32. The van der Waals surface area contributed by atoms with E-state index < -0.39 is 10.0 Å². The topological polar surface area (TPSA) is 78.9 Å². The molecule has 8 nitrogen and oxygen atoms in total. The Hall–Kier alpha value is -1.27. The molecule has 0 N–H and O–H groups in total. The van der Waals surface area contributed by atoms with Crippen molar-refractivity contribution in [1.82, 2.24) is 14.3 Å². The van der Waals surface area contributed by atoms with Crippen molar-refractivity contribution in [3.63, 3.8) is 0 Å². The predicted octanol–water partition coefficient (Wildman–Crippen LogP) is 1.96. The summed E-state index contributed by atoms with van der Waals surface area (Å²) in [5.41, 5.74) is 0.907. The van der Waals surface area contributed by atoms with Crippen molar-refractivity contribution in [1.29, 1.82) is 0 Å². The van der Waals surface area contributed by atoms with Crippen molar-refractivity contribution in [3.8, 4) is 0 Å². The van der Waals surface area contributed by atoms with Gasteiger partial charge in [-0.1, -0.05) is 0 Å². The Balaban J connectivity index is 1.47. The van der Waals surface area contributed by atoms with Crippen LogP contribution < -0.4 is 9.80 Å². The van der Waals surface area contributed by atoms with Gasteiger partial charge in [0.15, 0.2) is 0 Å². The zero-order chi connectivity index (χ0) is 19.7. The Kier molecular flexibility index (Phi) is 5.88. The number of halogens is 1. The molecule has 0 saturated carbocycles. The Bertz CT molecular complexity index is 938. The van der Waals surface area contributed by atoms with Crippen molar-refractivity contribution in [2.75, 3.05) is 62.3 Å². The quantitative estimate of drug-likeness (QED) is 0.651. The minimum atomic E-state index is -3.45. The van der Waals surface area contributed by atoms with E-state index in [-0.39, 0.29) is 0 Å². The van der Waals surface area contributed by atoms with Gasteiger partial charge in [0.1, 0.15) is 10.0 Å². The number of piperazine rings is 1. The maximum Gasteiger partial charge on any atom is 0.252 e. The van der Waals surface area contributed by atoms with Gasteiger partial charge in [0.05, 0.1) is 17.0 Å². The molecule has 0 atom stereocenters. The normalized spacial score (nSPS) is 19.2. The van der Waals surface area contributed by atoms with Crippen LogP contribution in [0.25, 0.3) is 0 Å². The number of thiophene rings is 1. The van der Waals surface area contributed by atoms with Crippen LogP contribution in [0.15, 0.2) is 26.2 Å². The number of nitrogens with zero attached hydrogens (tertiary/aromatic N) is 5. The molecule has 2 aliphatic heterocycles. The highest BCUT2D eigenvalue weighted by Crippen LogP contribution is 2.29. The highest BCUT2D eigenvalue weighted by molar-refractivity contribution is 9.11. The highest BCUT2D eigenvalue weighted by Gasteiger charge is 2.30. The third-order valence-corrected chi connectivity index (χ3v) is 8.82. The molecule has 2 aromatic rings. The number of sulfonamides is 1. The maximum atomic E-state index is 12.8. The number of morpholine rings is 1. The van der Waals surface area contributed by atoms with E-state index in [1.165, 1.54) is 11.3 Å². The molecule has 11 heteroatoms. The van der Waals surface area contributed by atoms with Crippen LogP contribution >= 0.6 is 27.3 Å². The molecule has 4 heterocycles. The number of rotatable bonds is 4. The molecular weight excluding hydrogens is 466 g/mol. The van der Waals surface area contributed by atoms with Crippen LogP contribution in [-0.4, -0.2) is 75.2 Å².